The van der Waals surface area contributed by atoms with E-state index in [1.54, 1.807) is 18.2 Å². The highest BCUT2D eigenvalue weighted by Crippen LogP contribution is 2.40. The molecule has 0 saturated heterocycles. The van der Waals surface area contributed by atoms with Gasteiger partial charge >= 0.3 is 0 Å². The predicted molar refractivity (Wildman–Crippen MR) is 130 cm³/mol. The van der Waals surface area contributed by atoms with Crippen molar-refractivity contribution >= 4 is 21.6 Å². The van der Waals surface area contributed by atoms with Gasteiger partial charge in [0.25, 0.3) is 15.9 Å². The van der Waals surface area contributed by atoms with E-state index in [2.05, 4.69) is 26.1 Å². The SMILES string of the molecule is COc1ccc(S(=O)(=O)N2C[C@H](C(=O)N[C@H](C)C(C)C)Oc3ccc(C(C)(C)C)cc32)cc1. The molecule has 1 aliphatic rings. The third-order valence-corrected chi connectivity index (χ3v) is 7.80. The van der Waals surface area contributed by atoms with Gasteiger partial charge in [-0.3, -0.25) is 9.10 Å². The molecule has 8 heteroatoms. The van der Waals surface area contributed by atoms with Crippen LogP contribution in [0.5, 0.6) is 11.5 Å². The van der Waals surface area contributed by atoms with E-state index < -0.39 is 16.1 Å². The molecule has 7 nitrogen and oxygen atoms in total. The topological polar surface area (TPSA) is 84.9 Å². The molecule has 0 aliphatic carbocycles. The van der Waals surface area contributed by atoms with Crippen LogP contribution in [0.25, 0.3) is 0 Å². The normalized spacial score (nSPS) is 17.2. The van der Waals surface area contributed by atoms with Crippen molar-refractivity contribution in [2.45, 2.75) is 64.0 Å². The highest BCUT2D eigenvalue weighted by Gasteiger charge is 2.38. The minimum Gasteiger partial charge on any atom is -0.497 e. The minimum atomic E-state index is -3.96. The number of nitrogens with one attached hydrogen (secondary N) is 1. The third-order valence-electron chi connectivity index (χ3n) is 6.00. The molecule has 1 N–H and O–H groups in total. The molecular formula is C25H34N2O5S. The van der Waals surface area contributed by atoms with Crippen LogP contribution in [0.3, 0.4) is 0 Å². The maximum absolute atomic E-state index is 13.7. The van der Waals surface area contributed by atoms with Crippen LogP contribution in [-0.2, 0) is 20.2 Å². The Bertz CT molecular complexity index is 1100. The molecule has 1 heterocycles. The Hall–Kier alpha value is -2.74. The summed E-state index contributed by atoms with van der Waals surface area (Å²) in [4.78, 5) is 13.1. The van der Waals surface area contributed by atoms with Gasteiger partial charge in [0.15, 0.2) is 6.10 Å². The van der Waals surface area contributed by atoms with E-state index in [-0.39, 0.29) is 34.7 Å². The standard InChI is InChI=1S/C25H34N2O5S/c1-16(2)17(3)26-24(28)23-15-27(33(29,30)20-11-9-19(31-7)10-12-20)21-14-18(25(4,5)6)8-13-22(21)32-23/h8-14,16-17,23H,15H2,1-7H3,(H,26,28)/t17-,23-/m1/s1. The van der Waals surface area contributed by atoms with Crippen molar-refractivity contribution in [3.05, 3.63) is 48.0 Å². The average molecular weight is 475 g/mol. The largest absolute Gasteiger partial charge is 0.497 e. The number of ether oxygens (including phenoxy) is 2. The van der Waals surface area contributed by atoms with E-state index in [9.17, 15) is 13.2 Å². The van der Waals surface area contributed by atoms with E-state index in [0.29, 0.717) is 17.2 Å². The molecule has 0 aromatic heterocycles. The molecular weight excluding hydrogens is 440 g/mol. The molecule has 0 spiro atoms. The Morgan fingerprint density at radius 3 is 2.30 bits per heavy atom. The third kappa shape index (κ3) is 5.27. The summed E-state index contributed by atoms with van der Waals surface area (Å²) in [6.45, 7) is 12.0. The Morgan fingerprint density at radius 1 is 1.12 bits per heavy atom. The van der Waals surface area contributed by atoms with Crippen LogP contribution in [0, 0.1) is 5.92 Å². The number of rotatable bonds is 6. The van der Waals surface area contributed by atoms with Crippen molar-refractivity contribution in [2.75, 3.05) is 18.0 Å². The number of hydrogen-bond acceptors (Lipinski definition) is 5. The zero-order chi connectivity index (χ0) is 24.6. The Kier molecular flexibility index (Phi) is 6.98. The molecule has 180 valence electrons. The number of nitrogens with zero attached hydrogens (tertiary/aromatic N) is 1. The smallest absolute Gasteiger partial charge is 0.264 e. The van der Waals surface area contributed by atoms with Gasteiger partial charge in [-0.1, -0.05) is 40.7 Å². The van der Waals surface area contributed by atoms with Crippen LogP contribution >= 0.6 is 0 Å². The molecule has 0 radical (unpaired) electrons. The lowest BCUT2D eigenvalue weighted by atomic mass is 9.86. The summed E-state index contributed by atoms with van der Waals surface area (Å²) < 4.78 is 39.9. The van der Waals surface area contributed by atoms with Crippen LogP contribution in [0.15, 0.2) is 47.4 Å². The minimum absolute atomic E-state index is 0.0718. The lowest BCUT2D eigenvalue weighted by Gasteiger charge is -2.36. The van der Waals surface area contributed by atoms with Gasteiger partial charge in [0.2, 0.25) is 0 Å². The number of methoxy groups -OCH3 is 1. The van der Waals surface area contributed by atoms with Crippen molar-refractivity contribution in [2.24, 2.45) is 5.92 Å². The van der Waals surface area contributed by atoms with Crippen LogP contribution in [0.1, 0.15) is 47.1 Å². The summed E-state index contributed by atoms with van der Waals surface area (Å²) in [7, 11) is -2.43. The van der Waals surface area contributed by atoms with E-state index in [1.165, 1.54) is 23.5 Å². The van der Waals surface area contributed by atoms with E-state index in [0.717, 1.165) is 5.56 Å². The molecule has 0 bridgehead atoms. The van der Waals surface area contributed by atoms with E-state index >= 15 is 0 Å². The van der Waals surface area contributed by atoms with Crippen molar-refractivity contribution in [3.8, 4) is 11.5 Å². The quantitative estimate of drug-likeness (QED) is 0.681. The number of benzene rings is 2. The van der Waals surface area contributed by atoms with Crippen LogP contribution in [-0.4, -0.2) is 40.1 Å². The molecule has 1 amide bonds. The molecule has 2 aromatic carbocycles. The average Bonchev–Trinajstić information content (AvgIpc) is 2.77. The number of hydrogen-bond donors (Lipinski definition) is 1. The second-order valence-electron chi connectivity index (χ2n) is 9.79. The molecule has 3 rings (SSSR count). The Balaban J connectivity index is 2.06. The first-order valence-electron chi connectivity index (χ1n) is 11.1. The monoisotopic (exact) mass is 474 g/mol. The molecule has 0 unspecified atom stereocenters. The Morgan fingerprint density at radius 2 is 1.76 bits per heavy atom. The zero-order valence-electron chi connectivity index (χ0n) is 20.4. The number of carbonyl (C=O) groups excluding carboxylic acids is 1. The number of amides is 1. The second-order valence-corrected chi connectivity index (χ2v) is 11.7. The first-order chi connectivity index (χ1) is 15.3. The maximum atomic E-state index is 13.7. The van der Waals surface area contributed by atoms with Crippen LogP contribution < -0.4 is 19.1 Å². The lowest BCUT2D eigenvalue weighted by molar-refractivity contribution is -0.128. The fourth-order valence-corrected chi connectivity index (χ4v) is 4.91. The van der Waals surface area contributed by atoms with E-state index in [1.807, 2.05) is 32.9 Å². The van der Waals surface area contributed by atoms with Gasteiger partial charge < -0.3 is 14.8 Å². The Labute approximate surface area is 197 Å². The summed E-state index contributed by atoms with van der Waals surface area (Å²) in [5.74, 6) is 0.824. The second kappa shape index (κ2) is 9.25. The lowest BCUT2D eigenvalue weighted by Crippen LogP contribution is -2.52. The predicted octanol–water partition coefficient (Wildman–Crippen LogP) is 4.11. The zero-order valence-corrected chi connectivity index (χ0v) is 21.2. The highest BCUT2D eigenvalue weighted by molar-refractivity contribution is 7.92. The fourth-order valence-electron chi connectivity index (χ4n) is 3.44. The molecule has 2 aromatic rings. The summed E-state index contributed by atoms with van der Waals surface area (Å²) in [5, 5.41) is 2.94. The van der Waals surface area contributed by atoms with Gasteiger partial charge in [0.1, 0.15) is 11.5 Å². The van der Waals surface area contributed by atoms with Crippen LogP contribution in [0.4, 0.5) is 5.69 Å². The van der Waals surface area contributed by atoms with E-state index in [4.69, 9.17) is 9.47 Å². The number of fused-ring (bicyclic) bond motifs is 1. The number of carbonyl (C=O) groups is 1. The van der Waals surface area contributed by atoms with Gasteiger partial charge in [0.05, 0.1) is 24.2 Å². The molecule has 33 heavy (non-hydrogen) atoms. The van der Waals surface area contributed by atoms with Crippen molar-refractivity contribution in [1.82, 2.24) is 5.32 Å². The first-order valence-corrected chi connectivity index (χ1v) is 12.6. The molecule has 0 saturated carbocycles. The fraction of sp³-hybridized carbons (Fsp3) is 0.480. The van der Waals surface area contributed by atoms with Gasteiger partial charge in [0, 0.05) is 6.04 Å². The first kappa shape index (κ1) is 24.9. The molecule has 1 aliphatic heterocycles. The van der Waals surface area contributed by atoms with Crippen molar-refractivity contribution < 1.29 is 22.7 Å². The summed E-state index contributed by atoms with van der Waals surface area (Å²) in [6, 6.07) is 11.6. The van der Waals surface area contributed by atoms with Gasteiger partial charge in [-0.2, -0.15) is 0 Å². The highest BCUT2D eigenvalue weighted by atomic mass is 32.2. The molecule has 0 fully saturated rings. The molecule has 2 atom stereocenters. The van der Waals surface area contributed by atoms with Crippen LogP contribution in [0.2, 0.25) is 0 Å². The van der Waals surface area contributed by atoms with Crippen molar-refractivity contribution in [1.29, 1.82) is 0 Å². The number of anilines is 1. The van der Waals surface area contributed by atoms with Gasteiger partial charge in [-0.05, 0) is 60.2 Å². The van der Waals surface area contributed by atoms with Gasteiger partial charge in [-0.25, -0.2) is 8.42 Å². The maximum Gasteiger partial charge on any atom is 0.264 e. The van der Waals surface area contributed by atoms with Crippen molar-refractivity contribution in [3.63, 3.8) is 0 Å². The summed E-state index contributed by atoms with van der Waals surface area (Å²) >= 11 is 0. The van der Waals surface area contributed by atoms with Gasteiger partial charge in [-0.15, -0.1) is 0 Å². The number of sulfonamides is 1. The summed E-state index contributed by atoms with van der Waals surface area (Å²) in [5.41, 5.74) is 1.21. The summed E-state index contributed by atoms with van der Waals surface area (Å²) in [6.07, 6.45) is -0.966.